The molecule has 6 rings (SSSR count). The van der Waals surface area contributed by atoms with Crippen LogP contribution in [0.1, 0.15) is 24.6 Å². The highest BCUT2D eigenvalue weighted by Gasteiger charge is 2.30. The van der Waals surface area contributed by atoms with Crippen molar-refractivity contribution in [2.24, 2.45) is 0 Å². The summed E-state index contributed by atoms with van der Waals surface area (Å²) in [6, 6.07) is 14.3. The molecule has 2 aliphatic heterocycles. The van der Waals surface area contributed by atoms with Crippen LogP contribution in [0.5, 0.6) is 5.75 Å². The van der Waals surface area contributed by atoms with E-state index >= 15 is 0 Å². The van der Waals surface area contributed by atoms with E-state index in [0.29, 0.717) is 25.7 Å². The van der Waals surface area contributed by atoms with E-state index in [0.717, 1.165) is 91.8 Å². The zero-order valence-corrected chi connectivity index (χ0v) is 22.3. The maximum Gasteiger partial charge on any atom is 0.240 e. The molecular formula is C29H36N6O3. The standard InChI is InChI=1S/C29H36N6O3/c1-32(27(36)20-33-15-17-38-18-16-33)22-9-10-24-23(19-22)29(31-28(30-24)21-7-8-21)35-13-11-34(12-14-35)25-5-3-4-6-26(25)37-2/h3-6,9-10,19,21H,7-8,11-18,20H2,1-2H3. The number of para-hydroxylation sites is 2. The van der Waals surface area contributed by atoms with Gasteiger partial charge < -0.3 is 24.2 Å². The molecule has 0 atom stereocenters. The first-order valence-corrected chi connectivity index (χ1v) is 13.6. The molecular weight excluding hydrogens is 480 g/mol. The largest absolute Gasteiger partial charge is 0.495 e. The fourth-order valence-corrected chi connectivity index (χ4v) is 5.34. The summed E-state index contributed by atoms with van der Waals surface area (Å²) in [7, 11) is 3.58. The number of aromatic nitrogens is 2. The molecule has 3 aromatic rings. The van der Waals surface area contributed by atoms with Gasteiger partial charge in [-0.15, -0.1) is 0 Å². The first-order chi connectivity index (χ1) is 18.6. The van der Waals surface area contributed by atoms with E-state index in [4.69, 9.17) is 19.4 Å². The predicted molar refractivity (Wildman–Crippen MR) is 150 cm³/mol. The van der Waals surface area contributed by atoms with Crippen molar-refractivity contribution in [3.63, 3.8) is 0 Å². The topological polar surface area (TPSA) is 74.3 Å². The smallest absolute Gasteiger partial charge is 0.240 e. The number of methoxy groups -OCH3 is 1. The highest BCUT2D eigenvalue weighted by Crippen LogP contribution is 2.40. The Bertz CT molecular complexity index is 1300. The fraction of sp³-hybridized carbons (Fsp3) is 0.483. The van der Waals surface area contributed by atoms with Crippen LogP contribution in [0.4, 0.5) is 17.2 Å². The number of benzene rings is 2. The molecule has 1 aliphatic carbocycles. The second-order valence-corrected chi connectivity index (χ2v) is 10.4. The summed E-state index contributed by atoms with van der Waals surface area (Å²) >= 11 is 0. The van der Waals surface area contributed by atoms with Crippen molar-refractivity contribution in [3.05, 3.63) is 48.3 Å². The molecule has 0 N–H and O–H groups in total. The number of nitrogens with zero attached hydrogens (tertiary/aromatic N) is 6. The van der Waals surface area contributed by atoms with E-state index in [9.17, 15) is 4.79 Å². The highest BCUT2D eigenvalue weighted by atomic mass is 16.5. The van der Waals surface area contributed by atoms with Gasteiger partial charge in [0.25, 0.3) is 0 Å². The van der Waals surface area contributed by atoms with Gasteiger partial charge in [-0.1, -0.05) is 12.1 Å². The van der Waals surface area contributed by atoms with E-state index in [1.54, 1.807) is 12.0 Å². The van der Waals surface area contributed by atoms with Crippen LogP contribution in [-0.2, 0) is 9.53 Å². The van der Waals surface area contributed by atoms with Gasteiger partial charge in [-0.2, -0.15) is 0 Å². The van der Waals surface area contributed by atoms with Crippen LogP contribution in [0.25, 0.3) is 10.9 Å². The predicted octanol–water partition coefficient (Wildman–Crippen LogP) is 3.14. The molecule has 0 unspecified atom stereocenters. The number of hydrogen-bond acceptors (Lipinski definition) is 8. The van der Waals surface area contributed by atoms with E-state index in [-0.39, 0.29) is 5.91 Å². The van der Waals surface area contributed by atoms with Crippen molar-refractivity contribution in [1.29, 1.82) is 0 Å². The van der Waals surface area contributed by atoms with Gasteiger partial charge in [0.05, 0.1) is 38.1 Å². The van der Waals surface area contributed by atoms with E-state index < -0.39 is 0 Å². The Morgan fingerprint density at radius 2 is 1.74 bits per heavy atom. The van der Waals surface area contributed by atoms with Gasteiger partial charge >= 0.3 is 0 Å². The number of morpholine rings is 1. The number of carbonyl (C=O) groups excluding carboxylic acids is 1. The minimum atomic E-state index is 0.0775. The van der Waals surface area contributed by atoms with Crippen molar-refractivity contribution in [3.8, 4) is 5.75 Å². The Labute approximate surface area is 223 Å². The van der Waals surface area contributed by atoms with E-state index in [1.165, 1.54) is 0 Å². The van der Waals surface area contributed by atoms with Gasteiger partial charge in [-0.3, -0.25) is 9.69 Å². The lowest BCUT2D eigenvalue weighted by Gasteiger charge is -2.37. The first-order valence-electron chi connectivity index (χ1n) is 13.6. The summed E-state index contributed by atoms with van der Waals surface area (Å²) in [4.78, 5) is 31.8. The molecule has 1 aromatic heterocycles. The number of amides is 1. The van der Waals surface area contributed by atoms with Crippen LogP contribution >= 0.6 is 0 Å². The molecule has 3 aliphatic rings. The number of ether oxygens (including phenoxy) is 2. The number of anilines is 3. The summed E-state index contributed by atoms with van der Waals surface area (Å²) in [5, 5.41) is 1.00. The second kappa shape index (κ2) is 10.7. The third-order valence-electron chi connectivity index (χ3n) is 7.85. The SMILES string of the molecule is COc1ccccc1N1CCN(c2nc(C3CC3)nc3ccc(N(C)C(=O)CN4CCOCC4)cc23)CC1. The lowest BCUT2D eigenvalue weighted by molar-refractivity contribution is -0.120. The van der Waals surface area contributed by atoms with Gasteiger partial charge in [-0.05, 0) is 43.2 Å². The van der Waals surface area contributed by atoms with Gasteiger partial charge in [0.2, 0.25) is 5.91 Å². The first kappa shape index (κ1) is 24.9. The normalized spacial score (nSPS) is 18.6. The Morgan fingerprint density at radius 3 is 2.47 bits per heavy atom. The van der Waals surface area contributed by atoms with Crippen molar-refractivity contribution >= 4 is 34.0 Å². The molecule has 1 saturated carbocycles. The monoisotopic (exact) mass is 516 g/mol. The van der Waals surface area contributed by atoms with Crippen molar-refractivity contribution in [2.45, 2.75) is 18.8 Å². The number of rotatable bonds is 7. The van der Waals surface area contributed by atoms with E-state index in [1.807, 2.05) is 31.3 Å². The van der Waals surface area contributed by atoms with Crippen molar-refractivity contribution in [2.75, 3.05) is 87.9 Å². The molecule has 1 amide bonds. The quantitative estimate of drug-likeness (QED) is 0.474. The number of likely N-dealkylation sites (N-methyl/N-ethyl adjacent to an activating group) is 1. The number of hydrogen-bond donors (Lipinski definition) is 0. The highest BCUT2D eigenvalue weighted by molar-refractivity contribution is 5.99. The molecule has 3 heterocycles. The minimum absolute atomic E-state index is 0.0775. The lowest BCUT2D eigenvalue weighted by Crippen LogP contribution is -2.47. The van der Waals surface area contributed by atoms with Gasteiger partial charge in [0, 0.05) is 63.3 Å². The fourth-order valence-electron chi connectivity index (χ4n) is 5.34. The molecule has 0 spiro atoms. The van der Waals surface area contributed by atoms with Crippen LogP contribution < -0.4 is 19.4 Å². The summed E-state index contributed by atoms with van der Waals surface area (Å²) < 4.78 is 11.0. The Hall–Kier alpha value is -3.43. The summed E-state index contributed by atoms with van der Waals surface area (Å²) in [5.74, 6) is 3.37. The van der Waals surface area contributed by atoms with Crippen molar-refractivity contribution < 1.29 is 14.3 Å². The molecule has 200 valence electrons. The number of piperazine rings is 1. The molecule has 2 saturated heterocycles. The maximum absolute atomic E-state index is 13.1. The molecule has 2 aromatic carbocycles. The van der Waals surface area contributed by atoms with Crippen LogP contribution in [0, 0.1) is 0 Å². The lowest BCUT2D eigenvalue weighted by atomic mass is 10.1. The summed E-state index contributed by atoms with van der Waals surface area (Å²) in [6.07, 6.45) is 2.31. The third-order valence-corrected chi connectivity index (χ3v) is 7.85. The Balaban J connectivity index is 1.25. The second-order valence-electron chi connectivity index (χ2n) is 10.4. The third kappa shape index (κ3) is 5.13. The molecule has 0 bridgehead atoms. The van der Waals surface area contributed by atoms with Crippen LogP contribution in [0.3, 0.4) is 0 Å². The summed E-state index contributed by atoms with van der Waals surface area (Å²) in [6.45, 7) is 6.80. The molecule has 0 radical (unpaired) electrons. The average Bonchev–Trinajstić information content (AvgIpc) is 3.82. The molecule has 38 heavy (non-hydrogen) atoms. The van der Waals surface area contributed by atoms with Gasteiger partial charge in [-0.25, -0.2) is 9.97 Å². The zero-order chi connectivity index (χ0) is 26.1. The van der Waals surface area contributed by atoms with Crippen LogP contribution in [-0.4, -0.2) is 94.0 Å². The van der Waals surface area contributed by atoms with Gasteiger partial charge in [0.1, 0.15) is 17.4 Å². The van der Waals surface area contributed by atoms with Crippen LogP contribution in [0.15, 0.2) is 42.5 Å². The van der Waals surface area contributed by atoms with Gasteiger partial charge in [0.15, 0.2) is 0 Å². The molecule has 9 nitrogen and oxygen atoms in total. The minimum Gasteiger partial charge on any atom is -0.495 e. The van der Waals surface area contributed by atoms with E-state index in [2.05, 4.69) is 32.9 Å². The Morgan fingerprint density at radius 1 is 1.00 bits per heavy atom. The molecule has 9 heteroatoms. The summed E-state index contributed by atoms with van der Waals surface area (Å²) in [5.41, 5.74) is 2.94. The average molecular weight is 517 g/mol. The zero-order valence-electron chi connectivity index (χ0n) is 22.3. The van der Waals surface area contributed by atoms with Crippen LogP contribution in [0.2, 0.25) is 0 Å². The van der Waals surface area contributed by atoms with Crippen molar-refractivity contribution in [1.82, 2.24) is 14.9 Å². The number of carbonyl (C=O) groups is 1. The maximum atomic E-state index is 13.1. The molecule has 3 fully saturated rings. The number of fused-ring (bicyclic) bond motifs is 1. The Kier molecular flexibility index (Phi) is 7.04.